The van der Waals surface area contributed by atoms with Crippen molar-refractivity contribution in [3.8, 4) is 0 Å². The van der Waals surface area contributed by atoms with Crippen molar-refractivity contribution < 1.29 is 18.7 Å². The molecule has 0 heterocycles. The Kier molecular flexibility index (Phi) is 5.49. The molecule has 0 saturated carbocycles. The van der Waals surface area contributed by atoms with E-state index in [1.165, 1.54) is 13.2 Å². The van der Waals surface area contributed by atoms with Crippen molar-refractivity contribution in [3.63, 3.8) is 0 Å². The number of hydrogen-bond donors (Lipinski definition) is 2. The molecule has 110 valence electrons. The molecule has 3 N–H and O–H groups in total. The summed E-state index contributed by atoms with van der Waals surface area (Å²) in [4.78, 5) is 23.1. The number of primary amides is 1. The van der Waals surface area contributed by atoms with E-state index in [2.05, 4.69) is 10.1 Å². The van der Waals surface area contributed by atoms with Crippen LogP contribution in [0.15, 0.2) is 24.3 Å². The van der Waals surface area contributed by atoms with Crippen molar-refractivity contribution in [2.75, 3.05) is 19.1 Å². The fraction of sp³-hybridized carbons (Fsp3) is 0.429. The van der Waals surface area contributed by atoms with E-state index in [1.807, 2.05) is 0 Å². The van der Waals surface area contributed by atoms with Crippen LogP contribution in [0.2, 0.25) is 0 Å². The number of carbonyl (C=O) groups is 2. The van der Waals surface area contributed by atoms with E-state index in [4.69, 9.17) is 5.73 Å². The predicted octanol–water partition coefficient (Wildman–Crippen LogP) is 1.88. The molecule has 0 aliphatic rings. The maximum absolute atomic E-state index is 12.7. The van der Waals surface area contributed by atoms with Gasteiger partial charge in [-0.15, -0.1) is 0 Å². The van der Waals surface area contributed by atoms with E-state index in [0.717, 1.165) is 0 Å². The molecule has 1 aromatic rings. The number of nitrogens with two attached hydrogens (primary N) is 1. The summed E-state index contributed by atoms with van der Waals surface area (Å²) in [6.45, 7) is 1.08. The Morgan fingerprint density at radius 1 is 1.45 bits per heavy atom. The lowest BCUT2D eigenvalue weighted by molar-refractivity contribution is -0.122. The van der Waals surface area contributed by atoms with Gasteiger partial charge in [0.25, 0.3) is 0 Å². The van der Waals surface area contributed by atoms with E-state index in [0.29, 0.717) is 17.7 Å². The van der Waals surface area contributed by atoms with Crippen LogP contribution in [0.5, 0.6) is 0 Å². The maximum Gasteiger partial charge on any atom is 0.337 e. The van der Waals surface area contributed by atoms with E-state index in [-0.39, 0.29) is 6.42 Å². The molecule has 0 aliphatic carbocycles. The van der Waals surface area contributed by atoms with E-state index in [1.54, 1.807) is 25.1 Å². The Morgan fingerprint density at radius 3 is 2.65 bits per heavy atom. The molecular weight excluding hydrogens is 263 g/mol. The molecule has 1 amide bonds. The number of benzene rings is 1. The quantitative estimate of drug-likeness (QED) is 0.748. The summed E-state index contributed by atoms with van der Waals surface area (Å²) < 4.78 is 17.3. The predicted molar refractivity (Wildman–Crippen MR) is 74.2 cm³/mol. The summed E-state index contributed by atoms with van der Waals surface area (Å²) in [6.07, 6.45) is 0.315. The van der Waals surface area contributed by atoms with E-state index in [9.17, 15) is 14.0 Å². The third-order valence-corrected chi connectivity index (χ3v) is 3.26. The van der Waals surface area contributed by atoms with Gasteiger partial charge in [0.15, 0.2) is 0 Å². The smallest absolute Gasteiger partial charge is 0.337 e. The zero-order valence-corrected chi connectivity index (χ0v) is 11.6. The highest BCUT2D eigenvalue weighted by Crippen LogP contribution is 2.23. The molecule has 1 atom stereocenters. The number of rotatable bonds is 7. The van der Waals surface area contributed by atoms with Gasteiger partial charge >= 0.3 is 5.97 Å². The van der Waals surface area contributed by atoms with Crippen LogP contribution in [-0.2, 0) is 9.53 Å². The SMILES string of the molecule is CCC(CCF)(Nc1cccc(C(=O)OC)c1)C(N)=O. The number of hydrogen-bond acceptors (Lipinski definition) is 4. The van der Waals surface area contributed by atoms with Gasteiger partial charge < -0.3 is 15.8 Å². The molecule has 0 aliphatic heterocycles. The van der Waals surface area contributed by atoms with Gasteiger partial charge in [-0.25, -0.2) is 4.79 Å². The largest absolute Gasteiger partial charge is 0.465 e. The Hall–Kier alpha value is -2.11. The summed E-state index contributed by atoms with van der Waals surface area (Å²) in [7, 11) is 1.28. The maximum atomic E-state index is 12.7. The van der Waals surface area contributed by atoms with E-state index >= 15 is 0 Å². The van der Waals surface area contributed by atoms with Crippen LogP contribution in [0, 0.1) is 0 Å². The molecule has 0 bridgehead atoms. The van der Waals surface area contributed by atoms with Gasteiger partial charge in [0.1, 0.15) is 5.54 Å². The Balaban J connectivity index is 3.05. The lowest BCUT2D eigenvalue weighted by atomic mass is 9.91. The fourth-order valence-corrected chi connectivity index (χ4v) is 1.97. The normalized spacial score (nSPS) is 13.3. The van der Waals surface area contributed by atoms with Gasteiger partial charge in [-0.1, -0.05) is 13.0 Å². The number of esters is 1. The van der Waals surface area contributed by atoms with Crippen molar-refractivity contribution >= 4 is 17.6 Å². The zero-order chi connectivity index (χ0) is 15.2. The molecular formula is C14H19FN2O3. The fourth-order valence-electron chi connectivity index (χ4n) is 1.97. The number of amides is 1. The van der Waals surface area contributed by atoms with Crippen LogP contribution in [-0.4, -0.2) is 31.2 Å². The molecule has 6 heteroatoms. The molecule has 0 aromatic heterocycles. The molecule has 0 spiro atoms. The highest BCUT2D eigenvalue weighted by Gasteiger charge is 2.34. The molecule has 0 radical (unpaired) electrons. The topological polar surface area (TPSA) is 81.4 Å². The highest BCUT2D eigenvalue weighted by molar-refractivity contribution is 5.91. The summed E-state index contributed by atoms with van der Waals surface area (Å²) >= 11 is 0. The second kappa shape index (κ2) is 6.88. The first kappa shape index (κ1) is 15.9. The first-order valence-corrected chi connectivity index (χ1v) is 6.31. The Bertz CT molecular complexity index is 493. The van der Waals surface area contributed by atoms with Crippen LogP contribution < -0.4 is 11.1 Å². The van der Waals surface area contributed by atoms with Crippen LogP contribution in [0.25, 0.3) is 0 Å². The summed E-state index contributed by atoms with van der Waals surface area (Å²) in [6, 6.07) is 6.45. The van der Waals surface area contributed by atoms with Gasteiger partial charge in [-0.05, 0) is 24.6 Å². The lowest BCUT2D eigenvalue weighted by Crippen LogP contribution is -2.50. The minimum Gasteiger partial charge on any atom is -0.465 e. The molecule has 1 rings (SSSR count). The van der Waals surface area contributed by atoms with Crippen molar-refractivity contribution in [1.82, 2.24) is 0 Å². The zero-order valence-electron chi connectivity index (χ0n) is 11.6. The van der Waals surface area contributed by atoms with Crippen LogP contribution in [0.4, 0.5) is 10.1 Å². The molecule has 0 saturated heterocycles. The molecule has 1 aromatic carbocycles. The molecule has 1 unspecified atom stereocenters. The first-order chi connectivity index (χ1) is 9.49. The minimum atomic E-state index is -1.16. The van der Waals surface area contributed by atoms with Crippen LogP contribution in [0.1, 0.15) is 30.1 Å². The lowest BCUT2D eigenvalue weighted by Gasteiger charge is -2.31. The first-order valence-electron chi connectivity index (χ1n) is 6.31. The monoisotopic (exact) mass is 282 g/mol. The van der Waals surface area contributed by atoms with Crippen molar-refractivity contribution in [3.05, 3.63) is 29.8 Å². The number of anilines is 1. The Morgan fingerprint density at radius 2 is 2.15 bits per heavy atom. The van der Waals surface area contributed by atoms with Crippen molar-refractivity contribution in [2.45, 2.75) is 25.3 Å². The number of methoxy groups -OCH3 is 1. The number of nitrogens with one attached hydrogen (secondary N) is 1. The van der Waals surface area contributed by atoms with Gasteiger partial charge in [0.05, 0.1) is 19.3 Å². The molecule has 5 nitrogen and oxygen atoms in total. The average Bonchev–Trinajstić information content (AvgIpc) is 2.45. The van der Waals surface area contributed by atoms with Crippen LogP contribution >= 0.6 is 0 Å². The summed E-state index contributed by atoms with van der Waals surface area (Å²) in [5, 5.41) is 2.94. The van der Waals surface area contributed by atoms with Gasteiger partial charge in [0.2, 0.25) is 5.91 Å². The van der Waals surface area contributed by atoms with Crippen molar-refractivity contribution in [1.29, 1.82) is 0 Å². The highest BCUT2D eigenvalue weighted by atomic mass is 19.1. The summed E-state index contributed by atoms with van der Waals surface area (Å²) in [5.41, 5.74) is 5.07. The number of carbonyl (C=O) groups excluding carboxylic acids is 2. The second-order valence-corrected chi connectivity index (χ2v) is 4.44. The Labute approximate surface area is 117 Å². The second-order valence-electron chi connectivity index (χ2n) is 4.44. The number of alkyl halides is 1. The molecule has 0 fully saturated rings. The third-order valence-electron chi connectivity index (χ3n) is 3.26. The minimum absolute atomic E-state index is 0.0265. The number of halogens is 1. The summed E-state index contributed by atoms with van der Waals surface area (Å²) in [5.74, 6) is -1.11. The van der Waals surface area contributed by atoms with Gasteiger partial charge in [-0.3, -0.25) is 9.18 Å². The van der Waals surface area contributed by atoms with E-state index < -0.39 is 24.1 Å². The number of ether oxygens (including phenoxy) is 1. The third kappa shape index (κ3) is 3.46. The van der Waals surface area contributed by atoms with Gasteiger partial charge in [-0.2, -0.15) is 0 Å². The standard InChI is InChI=1S/C14H19FN2O3/c1-3-14(7-8-15,13(16)19)17-11-6-4-5-10(9-11)12(18)20-2/h4-6,9,17H,3,7-8H2,1-2H3,(H2,16,19). The van der Waals surface area contributed by atoms with Crippen molar-refractivity contribution in [2.24, 2.45) is 5.73 Å². The van der Waals surface area contributed by atoms with Crippen LogP contribution in [0.3, 0.4) is 0 Å². The molecule has 20 heavy (non-hydrogen) atoms. The van der Waals surface area contributed by atoms with Gasteiger partial charge in [0, 0.05) is 12.1 Å². The average molecular weight is 282 g/mol.